The molecule has 0 spiro atoms. The van der Waals surface area contributed by atoms with Crippen LogP contribution in [0.4, 0.5) is 0 Å². The molecule has 0 saturated heterocycles. The van der Waals surface area contributed by atoms with Gasteiger partial charge in [0.25, 0.3) is 0 Å². The van der Waals surface area contributed by atoms with Crippen molar-refractivity contribution in [2.24, 2.45) is 9.98 Å². The summed E-state index contributed by atoms with van der Waals surface area (Å²) in [5.74, 6) is 2.45. The van der Waals surface area contributed by atoms with E-state index >= 15 is 0 Å². The molecule has 0 amide bonds. The summed E-state index contributed by atoms with van der Waals surface area (Å²) in [4.78, 5) is 10.9. The maximum Gasteiger partial charge on any atom is 0.211 e. The van der Waals surface area contributed by atoms with E-state index < -0.39 is 0 Å². The molecule has 3 atom stereocenters. The van der Waals surface area contributed by atoms with Crippen molar-refractivity contribution >= 4 is 61.1 Å². The Hall–Kier alpha value is -7.24. The summed E-state index contributed by atoms with van der Waals surface area (Å²) >= 11 is 0. The minimum Gasteiger partial charge on any atom is -0.330 e. The molecule has 4 aliphatic rings. The molecule has 300 valence electrons. The normalized spacial score (nSPS) is 20.2. The molecule has 3 unspecified atom stereocenters. The lowest BCUT2D eigenvalue weighted by Gasteiger charge is -2.30. The summed E-state index contributed by atoms with van der Waals surface area (Å²) in [6.07, 6.45) is 21.9. The summed E-state index contributed by atoms with van der Waals surface area (Å²) in [7, 11) is 0. The van der Waals surface area contributed by atoms with Crippen LogP contribution in [0.3, 0.4) is 0 Å². The quantitative estimate of drug-likeness (QED) is 0.167. The minimum absolute atomic E-state index is 0.219. The van der Waals surface area contributed by atoms with Crippen LogP contribution >= 0.6 is 0 Å². The van der Waals surface area contributed by atoms with E-state index in [1.165, 1.54) is 66.1 Å². The molecule has 8 aromatic rings. The molecular weight excluding hydrogens is 755 g/mol. The van der Waals surface area contributed by atoms with Crippen LogP contribution in [0, 0.1) is 0 Å². The first kappa shape index (κ1) is 36.6. The molecule has 2 aromatic heterocycles. The summed E-state index contributed by atoms with van der Waals surface area (Å²) in [5, 5.41) is 8.88. The van der Waals surface area contributed by atoms with E-state index in [-0.39, 0.29) is 6.17 Å². The van der Waals surface area contributed by atoms with Crippen LogP contribution in [-0.2, 0) is 0 Å². The first-order valence-corrected chi connectivity index (χ1v) is 22.3. The van der Waals surface area contributed by atoms with Crippen LogP contribution < -0.4 is 5.32 Å². The fourth-order valence-electron chi connectivity index (χ4n) is 10.3. The number of benzene rings is 6. The van der Waals surface area contributed by atoms with Gasteiger partial charge < -0.3 is 9.88 Å². The monoisotopic (exact) mass is 801 g/mol. The summed E-state index contributed by atoms with van der Waals surface area (Å²) in [6.45, 7) is 0. The Labute approximate surface area is 362 Å². The highest BCUT2D eigenvalue weighted by molar-refractivity contribution is 6.18. The number of rotatable bonds is 6. The Morgan fingerprint density at radius 2 is 1.23 bits per heavy atom. The van der Waals surface area contributed by atoms with Crippen molar-refractivity contribution in [1.29, 1.82) is 0 Å². The average Bonchev–Trinajstić information content (AvgIpc) is 3.87. The molecule has 1 aliphatic heterocycles. The lowest BCUT2D eigenvalue weighted by atomic mass is 9.84. The van der Waals surface area contributed by atoms with Crippen molar-refractivity contribution in [2.45, 2.75) is 56.5 Å². The molecule has 0 radical (unpaired) electrons. The zero-order chi connectivity index (χ0) is 41.0. The van der Waals surface area contributed by atoms with Gasteiger partial charge in [-0.3, -0.25) is 4.57 Å². The van der Waals surface area contributed by atoms with Crippen LogP contribution in [0.1, 0.15) is 61.5 Å². The van der Waals surface area contributed by atoms with Crippen molar-refractivity contribution in [1.82, 2.24) is 14.5 Å². The van der Waals surface area contributed by atoms with Crippen LogP contribution in [0.25, 0.3) is 60.4 Å². The predicted octanol–water partition coefficient (Wildman–Crippen LogP) is 13.9. The first-order chi connectivity index (χ1) is 30.7. The van der Waals surface area contributed by atoms with Gasteiger partial charge in [-0.2, -0.15) is 4.99 Å². The number of aliphatic imine (C=N–C) groups is 2. The second-order valence-electron chi connectivity index (χ2n) is 17.2. The van der Waals surface area contributed by atoms with Gasteiger partial charge >= 0.3 is 0 Å². The molecule has 3 heterocycles. The number of hydrogen-bond acceptors (Lipinski definition) is 3. The van der Waals surface area contributed by atoms with Gasteiger partial charge in [0.05, 0.1) is 22.1 Å². The van der Waals surface area contributed by atoms with Crippen LogP contribution in [0.2, 0.25) is 0 Å². The topological polar surface area (TPSA) is 46.6 Å². The molecular formula is C57H47N5. The van der Waals surface area contributed by atoms with Crippen molar-refractivity contribution in [3.05, 3.63) is 210 Å². The Morgan fingerprint density at radius 3 is 1.87 bits per heavy atom. The molecule has 0 bridgehead atoms. The van der Waals surface area contributed by atoms with E-state index in [0.717, 1.165) is 66.9 Å². The Kier molecular flexibility index (Phi) is 9.06. The van der Waals surface area contributed by atoms with E-state index in [0.29, 0.717) is 11.8 Å². The highest BCUT2D eigenvalue weighted by atomic mass is 15.3. The third kappa shape index (κ3) is 6.39. The smallest absolute Gasteiger partial charge is 0.211 e. The fourth-order valence-corrected chi connectivity index (χ4v) is 10.3. The molecule has 1 N–H and O–H groups in total. The van der Waals surface area contributed by atoms with Crippen molar-refractivity contribution in [3.63, 3.8) is 0 Å². The van der Waals surface area contributed by atoms with Crippen molar-refractivity contribution < 1.29 is 0 Å². The highest BCUT2D eigenvalue weighted by Crippen LogP contribution is 2.39. The summed E-state index contributed by atoms with van der Waals surface area (Å²) in [6, 6.07) is 53.3. The number of amidine groups is 1. The number of para-hydroxylation sites is 2. The zero-order valence-electron chi connectivity index (χ0n) is 34.7. The van der Waals surface area contributed by atoms with E-state index in [1.54, 1.807) is 0 Å². The van der Waals surface area contributed by atoms with Gasteiger partial charge in [0.1, 0.15) is 6.17 Å². The summed E-state index contributed by atoms with van der Waals surface area (Å²) < 4.78 is 4.83. The Balaban J connectivity index is 0.977. The lowest BCUT2D eigenvalue weighted by molar-refractivity contribution is 0.554. The fraction of sp³-hybridized carbons (Fsp3) is 0.158. The van der Waals surface area contributed by atoms with Crippen LogP contribution in [-0.4, -0.2) is 27.1 Å². The molecule has 62 heavy (non-hydrogen) atoms. The average molecular weight is 802 g/mol. The molecule has 5 heteroatoms. The molecule has 5 nitrogen and oxygen atoms in total. The number of hydrogen-bond donors (Lipinski definition) is 1. The third-order valence-electron chi connectivity index (χ3n) is 13.6. The predicted molar refractivity (Wildman–Crippen MR) is 260 cm³/mol. The van der Waals surface area contributed by atoms with Gasteiger partial charge in [0.15, 0.2) is 5.84 Å². The van der Waals surface area contributed by atoms with E-state index in [2.05, 4.69) is 203 Å². The maximum atomic E-state index is 5.44. The van der Waals surface area contributed by atoms with Gasteiger partial charge in [-0.1, -0.05) is 158 Å². The number of allylic oxidation sites excluding steroid dienone is 7. The van der Waals surface area contributed by atoms with Crippen LogP contribution in [0.15, 0.2) is 209 Å². The number of aromatic nitrogens is 2. The van der Waals surface area contributed by atoms with Crippen molar-refractivity contribution in [3.8, 4) is 11.1 Å². The van der Waals surface area contributed by atoms with Crippen molar-refractivity contribution in [2.75, 3.05) is 0 Å². The second-order valence-corrected chi connectivity index (χ2v) is 17.2. The van der Waals surface area contributed by atoms with Gasteiger partial charge in [-0.05, 0) is 103 Å². The van der Waals surface area contributed by atoms with Gasteiger partial charge in [-0.15, -0.1) is 0 Å². The molecule has 12 rings (SSSR count). The molecule has 0 fully saturated rings. The SMILES string of the molecule is C1=CCCC(n2c3ccccc3c3ccc(-c4ccc5c6ccccc6n(C6=NC(C7=CCC(c8ccccc8)C=C7)=NC(C7=CCC(c8ccccc8)CC7)N6)c5c4)cc32)=C1. The number of fused-ring (bicyclic) bond motifs is 6. The standard InChI is InChI=1S/C57H47N5/c1-4-14-38(15-5-1)40-24-28-42(29-25-40)55-58-56(43-30-26-41(27-31-43)39-16-6-2-7-17-39)60-57(59-55)62-52-23-13-11-21-48(52)50-35-33-45(37-54(50)62)44-32-34-49-47-20-10-12-22-51(47)61(53(49)36-44)46-18-8-3-9-19-46/h1-8,10-18,20-24,28-30,32-37,40-41,56H,9,19,25-27,31H2,(H,58,59,60). The number of nitrogens with zero attached hydrogens (tertiary/aromatic N) is 4. The first-order valence-electron chi connectivity index (χ1n) is 22.3. The second kappa shape index (κ2) is 15.3. The van der Waals surface area contributed by atoms with E-state index in [1.807, 2.05) is 0 Å². The largest absolute Gasteiger partial charge is 0.330 e. The zero-order valence-corrected chi connectivity index (χ0v) is 34.7. The molecule has 3 aliphatic carbocycles. The molecule has 0 saturated carbocycles. The third-order valence-corrected chi connectivity index (χ3v) is 13.6. The number of nitrogens with one attached hydrogen (secondary N) is 1. The summed E-state index contributed by atoms with van der Waals surface area (Å²) in [5.41, 5.74) is 13.6. The van der Waals surface area contributed by atoms with Gasteiger partial charge in [-0.25, -0.2) is 4.99 Å². The van der Waals surface area contributed by atoms with Crippen LogP contribution in [0.5, 0.6) is 0 Å². The minimum atomic E-state index is -0.219. The molecule has 6 aromatic carbocycles. The Bertz CT molecular complexity index is 3280. The maximum absolute atomic E-state index is 5.44. The lowest BCUT2D eigenvalue weighted by Crippen LogP contribution is -2.43. The van der Waals surface area contributed by atoms with E-state index in [4.69, 9.17) is 9.98 Å². The van der Waals surface area contributed by atoms with Gasteiger partial charge in [0.2, 0.25) is 5.96 Å². The van der Waals surface area contributed by atoms with Gasteiger partial charge in [0, 0.05) is 38.7 Å². The van der Waals surface area contributed by atoms with E-state index in [9.17, 15) is 0 Å². The highest BCUT2D eigenvalue weighted by Gasteiger charge is 2.29. The Morgan fingerprint density at radius 1 is 0.581 bits per heavy atom.